The number of carbonyl (C=O) groups is 2. The molecule has 2 unspecified atom stereocenters. The van der Waals surface area contributed by atoms with E-state index in [1.807, 2.05) is 0 Å². The van der Waals surface area contributed by atoms with Gasteiger partial charge in [-0.05, 0) is 51.4 Å². The van der Waals surface area contributed by atoms with Gasteiger partial charge in [0.25, 0.3) is 0 Å². The largest absolute Gasteiger partial charge is 0.466 e. The zero-order valence-electron chi connectivity index (χ0n) is 55.3. The van der Waals surface area contributed by atoms with Crippen molar-refractivity contribution in [1.29, 1.82) is 0 Å². The molecule has 0 spiro atoms. The molecule has 0 radical (unpaired) electrons. The number of hydrogen-bond donors (Lipinski definition) is 3. The van der Waals surface area contributed by atoms with Crippen LogP contribution in [0.5, 0.6) is 0 Å². The van der Waals surface area contributed by atoms with E-state index in [0.29, 0.717) is 25.9 Å². The Morgan fingerprint density at radius 2 is 0.580 bits per heavy atom. The summed E-state index contributed by atoms with van der Waals surface area (Å²) in [6, 6.07) is -0.539. The van der Waals surface area contributed by atoms with Gasteiger partial charge in [-0.25, -0.2) is 0 Å². The van der Waals surface area contributed by atoms with E-state index in [1.54, 1.807) is 0 Å². The number of esters is 1. The predicted molar refractivity (Wildman–Crippen MR) is 357 cm³/mol. The molecule has 6 heteroatoms. The Bertz CT molecular complexity index is 1220. The average Bonchev–Trinajstić information content (AvgIpc) is 3.47. The predicted octanol–water partition coefficient (Wildman–Crippen LogP) is 24.3. The summed E-state index contributed by atoms with van der Waals surface area (Å²) in [6.45, 7) is 4.99. The Labute approximate surface area is 508 Å². The monoisotopic (exact) mass is 1140 g/mol. The maximum Gasteiger partial charge on any atom is 0.305 e. The number of aliphatic hydroxyl groups excluding tert-OH is 2. The molecule has 0 aromatic heterocycles. The second kappa shape index (κ2) is 71.1. The van der Waals surface area contributed by atoms with Crippen LogP contribution in [0.25, 0.3) is 0 Å². The van der Waals surface area contributed by atoms with Crippen LogP contribution < -0.4 is 5.32 Å². The van der Waals surface area contributed by atoms with Gasteiger partial charge in [-0.2, -0.15) is 0 Å². The minimum Gasteiger partial charge on any atom is -0.466 e. The van der Waals surface area contributed by atoms with Crippen molar-refractivity contribution in [3.63, 3.8) is 0 Å². The lowest BCUT2D eigenvalue weighted by Crippen LogP contribution is -2.45. The number of unbranched alkanes of at least 4 members (excludes halogenated alkanes) is 58. The van der Waals surface area contributed by atoms with Crippen LogP contribution in [0.2, 0.25) is 0 Å². The van der Waals surface area contributed by atoms with Gasteiger partial charge in [0.2, 0.25) is 5.91 Å². The lowest BCUT2D eigenvalue weighted by molar-refractivity contribution is -0.143. The maximum absolute atomic E-state index is 12.6. The van der Waals surface area contributed by atoms with Gasteiger partial charge in [0.05, 0.1) is 25.4 Å². The molecule has 482 valence electrons. The standard InChI is InChI=1S/C75H147NO5/c1-3-5-7-9-11-13-15-17-18-19-20-31-34-37-40-44-47-51-55-59-63-67-73(78)72(71-77)76-74(79)68-64-60-56-52-48-45-41-38-35-32-29-27-25-23-21-22-24-26-28-30-33-36-39-42-46-50-54-58-62-66-70-81-75(80)69-65-61-57-53-49-43-16-14-12-10-8-6-4-2/h14,16,72-73,77-78H,3-13,15,17-71H2,1-2H3,(H,76,79)/b16-14-. The Hall–Kier alpha value is -1.40. The van der Waals surface area contributed by atoms with Crippen LogP contribution in [0.1, 0.15) is 431 Å². The quantitative estimate of drug-likeness (QED) is 0.0320. The molecule has 0 aromatic rings. The number of nitrogens with one attached hydrogen (secondary N) is 1. The van der Waals surface area contributed by atoms with Gasteiger partial charge in [-0.15, -0.1) is 0 Å². The number of rotatable bonds is 71. The van der Waals surface area contributed by atoms with E-state index in [-0.39, 0.29) is 18.5 Å². The van der Waals surface area contributed by atoms with Crippen molar-refractivity contribution in [3.8, 4) is 0 Å². The molecule has 3 N–H and O–H groups in total. The molecule has 0 rings (SSSR count). The van der Waals surface area contributed by atoms with Crippen LogP contribution in [0.15, 0.2) is 12.2 Å². The smallest absolute Gasteiger partial charge is 0.305 e. The second-order valence-electron chi connectivity index (χ2n) is 26.0. The third kappa shape index (κ3) is 67.6. The SMILES string of the molecule is CCCCCC/C=C\CCCCCCCC(=O)OCCCCCCCCCCCCCCCCCCCCCCCCCCCCCCCCC(=O)NC(CO)C(O)CCCCCCCCCCCCCCCCCCCCCCC. The van der Waals surface area contributed by atoms with E-state index >= 15 is 0 Å². The molecule has 1 amide bonds. The minimum atomic E-state index is -0.662. The van der Waals surface area contributed by atoms with Crippen LogP contribution in [-0.2, 0) is 14.3 Å². The van der Waals surface area contributed by atoms with Gasteiger partial charge in [0, 0.05) is 12.8 Å². The normalized spacial score (nSPS) is 12.5. The zero-order chi connectivity index (χ0) is 58.5. The molecule has 0 heterocycles. The van der Waals surface area contributed by atoms with Crippen LogP contribution >= 0.6 is 0 Å². The third-order valence-corrected chi connectivity index (χ3v) is 17.8. The van der Waals surface area contributed by atoms with Crippen molar-refractivity contribution in [1.82, 2.24) is 5.32 Å². The van der Waals surface area contributed by atoms with E-state index in [1.165, 1.54) is 353 Å². The molecule has 0 bridgehead atoms. The number of hydrogen-bond acceptors (Lipinski definition) is 5. The fourth-order valence-electron chi connectivity index (χ4n) is 12.1. The molecule has 2 atom stereocenters. The van der Waals surface area contributed by atoms with Gasteiger partial charge in [0.1, 0.15) is 0 Å². The lowest BCUT2D eigenvalue weighted by Gasteiger charge is -2.22. The first-order chi connectivity index (χ1) is 40.0. The van der Waals surface area contributed by atoms with E-state index in [2.05, 4.69) is 31.3 Å². The Morgan fingerprint density at radius 3 is 0.889 bits per heavy atom. The molecule has 0 aliphatic rings. The molecule has 0 aliphatic heterocycles. The molecular formula is C75H147NO5. The summed E-state index contributed by atoms with van der Waals surface area (Å²) in [5, 5.41) is 23.4. The number of aliphatic hydroxyl groups is 2. The van der Waals surface area contributed by atoms with Crippen LogP contribution in [0.3, 0.4) is 0 Å². The molecule has 0 saturated carbocycles. The fourth-order valence-corrected chi connectivity index (χ4v) is 12.1. The highest BCUT2D eigenvalue weighted by molar-refractivity contribution is 5.76. The van der Waals surface area contributed by atoms with Crippen LogP contribution in [0, 0.1) is 0 Å². The summed E-state index contributed by atoms with van der Waals surface area (Å²) in [7, 11) is 0. The van der Waals surface area contributed by atoms with Crippen LogP contribution in [0.4, 0.5) is 0 Å². The summed E-state index contributed by atoms with van der Waals surface area (Å²) >= 11 is 0. The van der Waals surface area contributed by atoms with Crippen molar-refractivity contribution in [3.05, 3.63) is 12.2 Å². The van der Waals surface area contributed by atoms with Crippen molar-refractivity contribution < 1.29 is 24.5 Å². The van der Waals surface area contributed by atoms with E-state index < -0.39 is 12.1 Å². The Morgan fingerprint density at radius 1 is 0.333 bits per heavy atom. The number of amides is 1. The van der Waals surface area contributed by atoms with Crippen LogP contribution in [-0.4, -0.2) is 47.4 Å². The summed E-state index contributed by atoms with van der Waals surface area (Å²) in [5.74, 6) is -0.0139. The van der Waals surface area contributed by atoms with Gasteiger partial charge in [0.15, 0.2) is 0 Å². The first kappa shape index (κ1) is 79.6. The summed E-state index contributed by atoms with van der Waals surface area (Å²) in [4.78, 5) is 24.6. The summed E-state index contributed by atoms with van der Waals surface area (Å²) in [5.41, 5.74) is 0. The Balaban J connectivity index is 3.33. The molecule has 0 saturated heterocycles. The number of ether oxygens (including phenoxy) is 1. The van der Waals surface area contributed by atoms with Crippen molar-refractivity contribution in [2.24, 2.45) is 0 Å². The number of allylic oxidation sites excluding steroid dienone is 2. The summed E-state index contributed by atoms with van der Waals surface area (Å²) in [6.07, 6.45) is 88.5. The molecular weight excluding hydrogens is 995 g/mol. The average molecular weight is 1140 g/mol. The second-order valence-corrected chi connectivity index (χ2v) is 26.0. The molecule has 6 nitrogen and oxygen atoms in total. The summed E-state index contributed by atoms with van der Waals surface area (Å²) < 4.78 is 5.49. The highest BCUT2D eigenvalue weighted by atomic mass is 16.5. The third-order valence-electron chi connectivity index (χ3n) is 17.8. The molecule has 0 fully saturated rings. The zero-order valence-corrected chi connectivity index (χ0v) is 55.3. The molecule has 81 heavy (non-hydrogen) atoms. The first-order valence-electron chi connectivity index (χ1n) is 37.4. The molecule has 0 aliphatic carbocycles. The van der Waals surface area contributed by atoms with Crippen molar-refractivity contribution >= 4 is 11.9 Å². The van der Waals surface area contributed by atoms with Crippen molar-refractivity contribution in [2.75, 3.05) is 13.2 Å². The maximum atomic E-state index is 12.6. The molecule has 0 aromatic carbocycles. The fraction of sp³-hybridized carbons (Fsp3) is 0.947. The highest BCUT2D eigenvalue weighted by Gasteiger charge is 2.20. The van der Waals surface area contributed by atoms with E-state index in [4.69, 9.17) is 4.74 Å². The minimum absolute atomic E-state index is 0.0119. The van der Waals surface area contributed by atoms with Gasteiger partial charge in [-0.1, -0.05) is 379 Å². The topological polar surface area (TPSA) is 95.9 Å². The van der Waals surface area contributed by atoms with Gasteiger partial charge in [-0.3, -0.25) is 9.59 Å². The lowest BCUT2D eigenvalue weighted by atomic mass is 10.0. The van der Waals surface area contributed by atoms with Gasteiger partial charge >= 0.3 is 5.97 Å². The van der Waals surface area contributed by atoms with Gasteiger partial charge < -0.3 is 20.3 Å². The number of carbonyl (C=O) groups excluding carboxylic acids is 2. The first-order valence-corrected chi connectivity index (χ1v) is 37.4. The van der Waals surface area contributed by atoms with E-state index in [9.17, 15) is 19.8 Å². The Kier molecular flexibility index (Phi) is 69.9. The highest BCUT2D eigenvalue weighted by Crippen LogP contribution is 2.20. The van der Waals surface area contributed by atoms with Crippen molar-refractivity contribution in [2.45, 2.75) is 443 Å². The van der Waals surface area contributed by atoms with E-state index in [0.717, 1.165) is 44.9 Å².